The third-order valence-corrected chi connectivity index (χ3v) is 9.99. The minimum Gasteiger partial charge on any atom is -0.496 e. The number of hydrogen-bond acceptors (Lipinski definition) is 3. The summed E-state index contributed by atoms with van der Waals surface area (Å²) in [4.78, 5) is 26.4. The number of rotatable bonds is 7. The molecule has 2 N–H and O–H groups in total. The molecule has 0 spiro atoms. The van der Waals surface area contributed by atoms with Crippen LogP contribution in [-0.2, 0) is 23.8 Å². The summed E-state index contributed by atoms with van der Waals surface area (Å²) in [5, 5.41) is 12.0. The van der Waals surface area contributed by atoms with E-state index in [1.165, 1.54) is 12.0 Å². The minimum absolute atomic E-state index is 0.0591. The van der Waals surface area contributed by atoms with E-state index in [1.54, 1.807) is 18.2 Å². The van der Waals surface area contributed by atoms with Crippen molar-refractivity contribution in [2.24, 2.45) is 5.92 Å². The number of carbonyl (C=O) groups is 2. The highest BCUT2D eigenvalue weighted by Gasteiger charge is 2.50. The lowest BCUT2D eigenvalue weighted by molar-refractivity contribution is -0.144. The molecular formula is C35H33F7N2O4. The van der Waals surface area contributed by atoms with E-state index >= 15 is 0 Å². The van der Waals surface area contributed by atoms with E-state index in [2.05, 4.69) is 5.32 Å². The van der Waals surface area contributed by atoms with Crippen molar-refractivity contribution in [3.63, 3.8) is 0 Å². The molecule has 2 amide bonds. The van der Waals surface area contributed by atoms with Gasteiger partial charge in [0.2, 0.25) is 0 Å². The minimum atomic E-state index is -5.04. The molecule has 2 saturated heterocycles. The first-order valence-electron chi connectivity index (χ1n) is 15.7. The SMILES string of the molecule is COc1ccc(C2CCC(C(=O)O)CC2)cc1-c1ccc(CF)cc1[C@@H]1CC[C@H]2[C@@H](c3cc(C(F)(F)F)cc(C(F)(F)F)c3)NC(=O)N12. The van der Waals surface area contributed by atoms with Crippen molar-refractivity contribution in [3.05, 3.63) is 88.0 Å². The molecule has 6 rings (SSSR count). The number of carbonyl (C=O) groups excluding carboxylic acids is 1. The third-order valence-electron chi connectivity index (χ3n) is 9.99. The number of carboxylic acid groups (broad SMARTS) is 1. The Labute approximate surface area is 271 Å². The fourth-order valence-electron chi connectivity index (χ4n) is 7.61. The quantitative estimate of drug-likeness (QED) is 0.244. The zero-order valence-corrected chi connectivity index (χ0v) is 25.8. The average Bonchev–Trinajstić information content (AvgIpc) is 3.64. The van der Waals surface area contributed by atoms with Gasteiger partial charge in [0.15, 0.2) is 0 Å². The number of benzene rings is 3. The van der Waals surface area contributed by atoms with Crippen LogP contribution >= 0.6 is 0 Å². The summed E-state index contributed by atoms with van der Waals surface area (Å²) < 4.78 is 102. The largest absolute Gasteiger partial charge is 0.496 e. The van der Waals surface area contributed by atoms with E-state index in [0.29, 0.717) is 72.2 Å². The van der Waals surface area contributed by atoms with E-state index < -0.39 is 60.3 Å². The van der Waals surface area contributed by atoms with Gasteiger partial charge >= 0.3 is 24.4 Å². The Kier molecular flexibility index (Phi) is 8.84. The predicted octanol–water partition coefficient (Wildman–Crippen LogP) is 9.20. The summed E-state index contributed by atoms with van der Waals surface area (Å²) in [6.07, 6.45) is -7.02. The Bertz CT molecular complexity index is 1680. The fourth-order valence-corrected chi connectivity index (χ4v) is 7.61. The number of methoxy groups -OCH3 is 1. The molecule has 0 bridgehead atoms. The molecule has 3 aromatic carbocycles. The number of alkyl halides is 7. The summed E-state index contributed by atoms with van der Waals surface area (Å²) in [5.74, 6) is -0.582. The van der Waals surface area contributed by atoms with Crippen molar-refractivity contribution in [2.75, 3.05) is 7.11 Å². The number of carboxylic acids is 1. The van der Waals surface area contributed by atoms with Gasteiger partial charge < -0.3 is 20.1 Å². The zero-order chi connectivity index (χ0) is 34.5. The number of amides is 2. The van der Waals surface area contributed by atoms with Gasteiger partial charge in [-0.3, -0.25) is 4.79 Å². The van der Waals surface area contributed by atoms with E-state index in [9.17, 15) is 45.4 Å². The van der Waals surface area contributed by atoms with Crippen LogP contribution in [0.1, 0.15) is 89.9 Å². The van der Waals surface area contributed by atoms with Crippen molar-refractivity contribution < 1.29 is 50.2 Å². The van der Waals surface area contributed by atoms with Gasteiger partial charge in [0.05, 0.1) is 42.3 Å². The predicted molar refractivity (Wildman–Crippen MR) is 161 cm³/mol. The highest BCUT2D eigenvalue weighted by atomic mass is 19.4. The van der Waals surface area contributed by atoms with Crippen LogP contribution < -0.4 is 10.1 Å². The smallest absolute Gasteiger partial charge is 0.416 e. The molecule has 2 aliphatic heterocycles. The van der Waals surface area contributed by atoms with Gasteiger partial charge in [-0.05, 0) is 103 Å². The first-order valence-corrected chi connectivity index (χ1v) is 15.7. The van der Waals surface area contributed by atoms with Gasteiger partial charge in [-0.15, -0.1) is 0 Å². The highest BCUT2D eigenvalue weighted by molar-refractivity contribution is 5.81. The van der Waals surface area contributed by atoms with Gasteiger partial charge in [-0.2, -0.15) is 26.3 Å². The second-order valence-electron chi connectivity index (χ2n) is 12.7. The average molecular weight is 679 g/mol. The van der Waals surface area contributed by atoms with Crippen LogP contribution in [0.25, 0.3) is 11.1 Å². The summed E-state index contributed by atoms with van der Waals surface area (Å²) in [6.45, 7) is -0.799. The van der Waals surface area contributed by atoms with Crippen LogP contribution in [0.4, 0.5) is 35.5 Å². The van der Waals surface area contributed by atoms with Gasteiger partial charge in [-0.25, -0.2) is 9.18 Å². The fraction of sp³-hybridized carbons (Fsp3) is 0.429. The molecule has 6 nitrogen and oxygen atoms in total. The standard InChI is InChI=1S/C35H33F7N2O4/c1-48-30-11-7-21(19-3-5-20(6-4-19)32(45)46)15-27(30)25-8-2-18(17-36)12-26(25)28-9-10-29-31(43-33(47)44(28)29)22-13-23(34(37,38)39)16-24(14-22)35(40,41)42/h2,7-8,11-16,19-20,28-29,31H,3-6,9-10,17H2,1H3,(H,43,47)(H,45,46)/t19?,20?,28-,29-,31+/m0/s1. The monoisotopic (exact) mass is 678 g/mol. The molecule has 3 aromatic rings. The maximum atomic E-state index is 14.0. The lowest BCUT2D eigenvalue weighted by Gasteiger charge is -2.29. The van der Waals surface area contributed by atoms with Crippen LogP contribution in [0.5, 0.6) is 5.75 Å². The van der Waals surface area contributed by atoms with Crippen molar-refractivity contribution in [1.29, 1.82) is 0 Å². The number of halogens is 7. The molecule has 1 saturated carbocycles. The molecule has 0 aromatic heterocycles. The first kappa shape index (κ1) is 33.6. The van der Waals surface area contributed by atoms with Crippen LogP contribution in [0.2, 0.25) is 0 Å². The van der Waals surface area contributed by atoms with E-state index in [-0.39, 0.29) is 29.9 Å². The summed E-state index contributed by atoms with van der Waals surface area (Å²) in [6, 6.07) is 8.82. The summed E-state index contributed by atoms with van der Waals surface area (Å²) in [7, 11) is 1.50. The molecule has 3 fully saturated rings. The molecule has 3 aliphatic rings. The lowest BCUT2D eigenvalue weighted by atomic mass is 9.78. The number of urea groups is 1. The molecule has 1 aliphatic carbocycles. The Morgan fingerprint density at radius 1 is 0.854 bits per heavy atom. The molecule has 256 valence electrons. The molecule has 2 heterocycles. The van der Waals surface area contributed by atoms with Crippen molar-refractivity contribution in [3.8, 4) is 16.9 Å². The normalized spacial score (nSPS) is 24.4. The van der Waals surface area contributed by atoms with Gasteiger partial charge in [-0.1, -0.05) is 24.3 Å². The van der Waals surface area contributed by atoms with Crippen molar-refractivity contribution in [2.45, 2.75) is 81.6 Å². The Hall–Kier alpha value is -4.29. The highest BCUT2D eigenvalue weighted by Crippen LogP contribution is 2.50. The Morgan fingerprint density at radius 3 is 2.10 bits per heavy atom. The number of ether oxygens (including phenoxy) is 1. The number of hydrogen-bond donors (Lipinski definition) is 2. The number of aliphatic carboxylic acids is 1. The van der Waals surface area contributed by atoms with Crippen molar-refractivity contribution >= 4 is 12.0 Å². The van der Waals surface area contributed by atoms with Crippen molar-refractivity contribution in [1.82, 2.24) is 10.2 Å². The maximum Gasteiger partial charge on any atom is 0.416 e. The second kappa shape index (κ2) is 12.6. The molecule has 3 atom stereocenters. The topological polar surface area (TPSA) is 78.9 Å². The first-order chi connectivity index (χ1) is 22.7. The number of fused-ring (bicyclic) bond motifs is 1. The van der Waals surface area contributed by atoms with Gasteiger partial charge in [0.1, 0.15) is 12.4 Å². The van der Waals surface area contributed by atoms with E-state index in [0.717, 1.165) is 5.56 Å². The number of nitrogens with one attached hydrogen (secondary N) is 1. The molecular weight excluding hydrogens is 645 g/mol. The zero-order valence-electron chi connectivity index (χ0n) is 25.8. The molecule has 48 heavy (non-hydrogen) atoms. The van der Waals surface area contributed by atoms with Crippen LogP contribution in [0.3, 0.4) is 0 Å². The molecule has 0 radical (unpaired) electrons. The summed E-state index contributed by atoms with van der Waals surface area (Å²) in [5.41, 5.74) is -0.0242. The molecule has 13 heteroatoms. The van der Waals surface area contributed by atoms with Gasteiger partial charge in [0, 0.05) is 5.56 Å². The summed E-state index contributed by atoms with van der Waals surface area (Å²) >= 11 is 0. The second-order valence-corrected chi connectivity index (χ2v) is 12.7. The van der Waals surface area contributed by atoms with Crippen LogP contribution in [0, 0.1) is 5.92 Å². The number of nitrogens with zero attached hydrogens (tertiary/aromatic N) is 1. The molecule has 0 unspecified atom stereocenters. The van der Waals surface area contributed by atoms with Gasteiger partial charge in [0.25, 0.3) is 0 Å². The van der Waals surface area contributed by atoms with Crippen LogP contribution in [0.15, 0.2) is 54.6 Å². The lowest BCUT2D eigenvalue weighted by Crippen LogP contribution is -2.32. The van der Waals surface area contributed by atoms with Crippen LogP contribution in [-0.4, -0.2) is 35.2 Å². The third kappa shape index (κ3) is 6.30. The Balaban J connectivity index is 1.37. The maximum absolute atomic E-state index is 14.0. The Morgan fingerprint density at radius 2 is 1.52 bits per heavy atom. The van der Waals surface area contributed by atoms with E-state index in [4.69, 9.17) is 4.74 Å². The van der Waals surface area contributed by atoms with E-state index in [1.807, 2.05) is 18.2 Å².